The van der Waals surface area contributed by atoms with Crippen molar-refractivity contribution in [1.29, 1.82) is 0 Å². The monoisotopic (exact) mass is 372 g/mol. The lowest BCUT2D eigenvalue weighted by atomic mass is 10.0. The Morgan fingerprint density at radius 1 is 1.06 bits per heavy atom. The number of carbonyl (C=O) groups is 2. The number of esters is 2. The molecule has 0 amide bonds. The van der Waals surface area contributed by atoms with Gasteiger partial charge >= 0.3 is 11.9 Å². The maximum atomic E-state index is 11.5. The molecule has 0 heterocycles. The van der Waals surface area contributed by atoms with Crippen LogP contribution in [-0.4, -0.2) is 35.8 Å². The van der Waals surface area contributed by atoms with Crippen LogP contribution in [0.5, 0.6) is 0 Å². The van der Waals surface area contributed by atoms with Crippen molar-refractivity contribution in [2.24, 2.45) is 5.92 Å². The summed E-state index contributed by atoms with van der Waals surface area (Å²) < 4.78 is 9.21. The van der Waals surface area contributed by atoms with E-state index in [-0.39, 0.29) is 4.83 Å². The van der Waals surface area contributed by atoms with Gasteiger partial charge in [-0.1, -0.05) is 45.2 Å². The van der Waals surface area contributed by atoms with Crippen molar-refractivity contribution in [2.45, 2.75) is 35.8 Å². The first-order valence-electron chi connectivity index (χ1n) is 5.37. The highest BCUT2D eigenvalue weighted by atomic mass is 79.9. The van der Waals surface area contributed by atoms with Gasteiger partial charge in [0, 0.05) is 9.65 Å². The van der Waals surface area contributed by atoms with E-state index in [0.717, 1.165) is 12.8 Å². The average molecular weight is 374 g/mol. The minimum Gasteiger partial charge on any atom is -0.468 e. The van der Waals surface area contributed by atoms with Crippen molar-refractivity contribution >= 4 is 43.8 Å². The lowest BCUT2D eigenvalue weighted by Gasteiger charge is -2.18. The Balaban J connectivity index is 4.38. The molecule has 0 aliphatic rings. The molecule has 0 aromatic rings. The Labute approximate surface area is 119 Å². The van der Waals surface area contributed by atoms with Gasteiger partial charge in [-0.3, -0.25) is 9.59 Å². The van der Waals surface area contributed by atoms with Crippen LogP contribution in [0.2, 0.25) is 0 Å². The van der Waals surface area contributed by atoms with Crippen molar-refractivity contribution in [1.82, 2.24) is 0 Å². The van der Waals surface area contributed by atoms with E-state index in [1.807, 2.05) is 0 Å². The summed E-state index contributed by atoms with van der Waals surface area (Å²) in [6, 6.07) is 0. The molecule has 2 unspecified atom stereocenters. The van der Waals surface area contributed by atoms with Crippen LogP contribution in [0.25, 0.3) is 0 Å². The zero-order valence-corrected chi connectivity index (χ0v) is 13.4. The van der Waals surface area contributed by atoms with E-state index in [1.54, 1.807) is 0 Å². The Hall–Kier alpha value is -0.100. The van der Waals surface area contributed by atoms with Crippen molar-refractivity contribution < 1.29 is 19.1 Å². The minimum atomic E-state index is -0.893. The lowest BCUT2D eigenvalue weighted by molar-refractivity contribution is -0.158. The molecule has 17 heavy (non-hydrogen) atoms. The molecule has 0 saturated heterocycles. The van der Waals surface area contributed by atoms with E-state index >= 15 is 0 Å². The molecule has 0 radical (unpaired) electrons. The normalized spacial score (nSPS) is 14.2. The number of carbonyl (C=O) groups excluding carboxylic acids is 2. The van der Waals surface area contributed by atoms with Gasteiger partial charge in [0.25, 0.3) is 0 Å². The number of rotatable bonds is 7. The third-order valence-electron chi connectivity index (χ3n) is 2.35. The number of hydrogen-bond acceptors (Lipinski definition) is 4. The predicted molar refractivity (Wildman–Crippen MR) is 72.5 cm³/mol. The lowest BCUT2D eigenvalue weighted by Crippen LogP contribution is -2.34. The van der Waals surface area contributed by atoms with Gasteiger partial charge in [-0.2, -0.15) is 0 Å². The highest BCUT2D eigenvalue weighted by molar-refractivity contribution is 9.09. The summed E-state index contributed by atoms with van der Waals surface area (Å²) in [4.78, 5) is 23.1. The van der Waals surface area contributed by atoms with E-state index in [4.69, 9.17) is 0 Å². The quantitative estimate of drug-likeness (QED) is 0.391. The smallest absolute Gasteiger partial charge is 0.321 e. The molecule has 0 aromatic heterocycles. The summed E-state index contributed by atoms with van der Waals surface area (Å²) in [5.41, 5.74) is 0. The summed E-state index contributed by atoms with van der Waals surface area (Å²) in [7, 11) is 2.52. The molecule has 0 bridgehead atoms. The van der Waals surface area contributed by atoms with Crippen LogP contribution in [0.15, 0.2) is 0 Å². The largest absolute Gasteiger partial charge is 0.468 e. The van der Waals surface area contributed by atoms with Crippen LogP contribution in [0.1, 0.15) is 26.2 Å². The second-order valence-electron chi connectivity index (χ2n) is 3.75. The Morgan fingerprint density at radius 3 is 1.88 bits per heavy atom. The molecule has 4 nitrogen and oxygen atoms in total. The molecule has 0 spiro atoms. The zero-order valence-electron chi connectivity index (χ0n) is 10.2. The maximum absolute atomic E-state index is 11.5. The predicted octanol–water partition coefficient (Wildman–Crippen LogP) is 2.67. The highest BCUT2D eigenvalue weighted by Crippen LogP contribution is 2.23. The maximum Gasteiger partial charge on any atom is 0.321 e. The number of ether oxygens (including phenoxy) is 2. The van der Waals surface area contributed by atoms with Gasteiger partial charge < -0.3 is 9.47 Å². The van der Waals surface area contributed by atoms with E-state index in [2.05, 4.69) is 48.3 Å². The molecule has 2 atom stereocenters. The van der Waals surface area contributed by atoms with E-state index in [1.165, 1.54) is 14.2 Å². The van der Waals surface area contributed by atoms with Crippen LogP contribution in [0.3, 0.4) is 0 Å². The Morgan fingerprint density at radius 2 is 1.53 bits per heavy atom. The van der Waals surface area contributed by atoms with Crippen LogP contribution in [0.4, 0.5) is 0 Å². The molecule has 100 valence electrons. The van der Waals surface area contributed by atoms with Gasteiger partial charge in [0.1, 0.15) is 0 Å². The summed E-state index contributed by atoms with van der Waals surface area (Å²) in [6.07, 6.45) is 2.61. The summed E-state index contributed by atoms with van der Waals surface area (Å²) in [5, 5.41) is 0. The van der Waals surface area contributed by atoms with E-state index in [9.17, 15) is 9.59 Å². The van der Waals surface area contributed by atoms with Gasteiger partial charge in [0.2, 0.25) is 0 Å². The second-order valence-corrected chi connectivity index (χ2v) is 6.49. The van der Waals surface area contributed by atoms with Crippen molar-refractivity contribution in [3.05, 3.63) is 0 Å². The average Bonchev–Trinajstić information content (AvgIpc) is 2.28. The van der Waals surface area contributed by atoms with E-state index in [0.29, 0.717) is 11.2 Å². The number of methoxy groups -OCH3 is 2. The van der Waals surface area contributed by atoms with Crippen molar-refractivity contribution in [3.8, 4) is 0 Å². The zero-order chi connectivity index (χ0) is 13.4. The number of alkyl halides is 2. The third kappa shape index (κ3) is 6.41. The van der Waals surface area contributed by atoms with Crippen molar-refractivity contribution in [3.63, 3.8) is 0 Å². The molecule has 0 fully saturated rings. The standard InChI is InChI=1S/C11H18Br2O4/c1-7(12)5-4-6-8(13)9(10(14)16-2)11(15)17-3/h7-9H,4-6H2,1-3H3. The molecular weight excluding hydrogens is 356 g/mol. The first-order valence-corrected chi connectivity index (χ1v) is 7.21. The first kappa shape index (κ1) is 16.9. The second kappa shape index (κ2) is 8.91. The fraction of sp³-hybridized carbons (Fsp3) is 0.818. The number of halogens is 2. The van der Waals surface area contributed by atoms with Gasteiger partial charge in [-0.25, -0.2) is 0 Å². The van der Waals surface area contributed by atoms with Crippen LogP contribution >= 0.6 is 31.9 Å². The molecule has 0 aromatic carbocycles. The number of hydrogen-bond donors (Lipinski definition) is 0. The highest BCUT2D eigenvalue weighted by Gasteiger charge is 2.35. The van der Waals surface area contributed by atoms with Gasteiger partial charge in [-0.05, 0) is 12.8 Å². The Kier molecular flexibility index (Phi) is 8.86. The first-order chi connectivity index (χ1) is 7.93. The van der Waals surface area contributed by atoms with E-state index < -0.39 is 17.9 Å². The van der Waals surface area contributed by atoms with Gasteiger partial charge in [-0.15, -0.1) is 0 Å². The molecule has 0 aliphatic heterocycles. The molecule has 0 N–H and O–H groups in total. The summed E-state index contributed by atoms with van der Waals surface area (Å²) >= 11 is 6.81. The van der Waals surface area contributed by atoms with Crippen molar-refractivity contribution in [2.75, 3.05) is 14.2 Å². The van der Waals surface area contributed by atoms with Gasteiger partial charge in [0.15, 0.2) is 5.92 Å². The summed E-state index contributed by atoms with van der Waals surface area (Å²) in [6.45, 7) is 2.06. The summed E-state index contributed by atoms with van der Waals surface area (Å²) in [5.74, 6) is -2.02. The minimum absolute atomic E-state index is 0.256. The van der Waals surface area contributed by atoms with Gasteiger partial charge in [0.05, 0.1) is 14.2 Å². The van der Waals surface area contributed by atoms with Crippen LogP contribution in [0, 0.1) is 5.92 Å². The molecule has 0 aliphatic carbocycles. The van der Waals surface area contributed by atoms with Crippen LogP contribution in [-0.2, 0) is 19.1 Å². The topological polar surface area (TPSA) is 52.6 Å². The Bertz CT molecular complexity index is 240. The fourth-order valence-corrected chi connectivity index (χ4v) is 2.49. The molecule has 0 saturated carbocycles. The molecule has 6 heteroatoms. The molecule has 0 rings (SSSR count). The SMILES string of the molecule is COC(=O)C(C(=O)OC)C(Br)CCCC(C)Br. The van der Waals surface area contributed by atoms with Crippen LogP contribution < -0.4 is 0 Å². The molecular formula is C11H18Br2O4. The third-order valence-corrected chi connectivity index (χ3v) is 3.80. The fourth-order valence-electron chi connectivity index (χ4n) is 1.41.